The van der Waals surface area contributed by atoms with Gasteiger partial charge in [0, 0.05) is 31.9 Å². The second-order valence-electron chi connectivity index (χ2n) is 6.14. The first kappa shape index (κ1) is 16.7. The summed E-state index contributed by atoms with van der Waals surface area (Å²) < 4.78 is 41.4. The molecule has 0 N–H and O–H groups in total. The van der Waals surface area contributed by atoms with Crippen LogP contribution in [0, 0.1) is 6.92 Å². The lowest BCUT2D eigenvalue weighted by atomic mass is 10.1. The van der Waals surface area contributed by atoms with E-state index in [1.807, 2.05) is 4.90 Å². The largest absolute Gasteiger partial charge is 0.433 e. The third-order valence-corrected chi connectivity index (χ3v) is 4.18. The minimum atomic E-state index is -4.51. The molecule has 2 aromatic rings. The number of aryl methyl sites for hydroxylation is 2. The van der Waals surface area contributed by atoms with E-state index in [2.05, 4.69) is 15.1 Å². The Morgan fingerprint density at radius 2 is 1.71 bits per heavy atom. The molecule has 3 rings (SSSR count). The van der Waals surface area contributed by atoms with Crippen LogP contribution in [0.5, 0.6) is 0 Å². The predicted molar refractivity (Wildman–Crippen MR) is 84.7 cm³/mol. The quantitative estimate of drug-likeness (QED) is 0.839. The average molecular weight is 339 g/mol. The second kappa shape index (κ2) is 6.41. The molecule has 1 aliphatic rings. The maximum absolute atomic E-state index is 13.3. The molecule has 0 bridgehead atoms. The van der Waals surface area contributed by atoms with Crippen LogP contribution in [0.25, 0.3) is 11.3 Å². The third kappa shape index (κ3) is 3.52. The third-order valence-electron chi connectivity index (χ3n) is 4.18. The Morgan fingerprint density at radius 3 is 2.25 bits per heavy atom. The number of rotatable bonds is 2. The lowest BCUT2D eigenvalue weighted by Crippen LogP contribution is -2.27. The predicted octanol–water partition coefficient (Wildman–Crippen LogP) is 3.58. The first-order chi connectivity index (χ1) is 11.3. The van der Waals surface area contributed by atoms with Gasteiger partial charge in [0.15, 0.2) is 5.69 Å². The fourth-order valence-corrected chi connectivity index (χ4v) is 2.98. The maximum atomic E-state index is 13.3. The van der Waals surface area contributed by atoms with Crippen LogP contribution in [0.1, 0.15) is 37.1 Å². The second-order valence-corrected chi connectivity index (χ2v) is 6.14. The molecule has 1 saturated heterocycles. The highest BCUT2D eigenvalue weighted by Crippen LogP contribution is 2.32. The smallest absolute Gasteiger partial charge is 0.341 e. The molecule has 1 aliphatic heterocycles. The first-order valence-corrected chi connectivity index (χ1v) is 8.06. The van der Waals surface area contributed by atoms with Gasteiger partial charge in [0.2, 0.25) is 5.95 Å². The van der Waals surface area contributed by atoms with Crippen LogP contribution in [-0.2, 0) is 13.2 Å². The zero-order chi connectivity index (χ0) is 17.3. The molecule has 2 aromatic heterocycles. The standard InChI is InChI=1S/C16H20F3N5/c1-11-12(10-23(2)22-11)13-9-14(16(17,18)19)21-15(20-13)24-7-5-3-4-6-8-24/h9-10H,3-8H2,1-2H3. The van der Waals surface area contributed by atoms with Gasteiger partial charge in [-0.1, -0.05) is 12.8 Å². The van der Waals surface area contributed by atoms with Gasteiger partial charge < -0.3 is 4.90 Å². The normalized spacial score (nSPS) is 16.3. The van der Waals surface area contributed by atoms with E-state index in [1.54, 1.807) is 24.9 Å². The van der Waals surface area contributed by atoms with Crippen LogP contribution in [0.15, 0.2) is 12.3 Å². The summed E-state index contributed by atoms with van der Waals surface area (Å²) in [7, 11) is 1.73. The number of hydrogen-bond acceptors (Lipinski definition) is 4. The van der Waals surface area contributed by atoms with E-state index in [0.717, 1.165) is 31.7 Å². The fraction of sp³-hybridized carbons (Fsp3) is 0.562. The summed E-state index contributed by atoms with van der Waals surface area (Å²) in [6.45, 7) is 3.13. The van der Waals surface area contributed by atoms with E-state index in [9.17, 15) is 13.2 Å². The van der Waals surface area contributed by atoms with Crippen molar-refractivity contribution in [1.82, 2.24) is 19.7 Å². The number of nitrogens with zero attached hydrogens (tertiary/aromatic N) is 5. The highest BCUT2D eigenvalue weighted by molar-refractivity contribution is 5.63. The van der Waals surface area contributed by atoms with E-state index in [1.165, 1.54) is 0 Å². The van der Waals surface area contributed by atoms with Crippen molar-refractivity contribution < 1.29 is 13.2 Å². The van der Waals surface area contributed by atoms with Crippen molar-refractivity contribution >= 4 is 5.95 Å². The van der Waals surface area contributed by atoms with Crippen molar-refractivity contribution in [2.45, 2.75) is 38.8 Å². The molecular weight excluding hydrogens is 319 g/mol. The summed E-state index contributed by atoms with van der Waals surface area (Å²) in [5.74, 6) is 0.157. The Balaban J connectivity index is 2.08. The zero-order valence-corrected chi connectivity index (χ0v) is 13.8. The lowest BCUT2D eigenvalue weighted by molar-refractivity contribution is -0.141. The van der Waals surface area contributed by atoms with Crippen molar-refractivity contribution in [3.63, 3.8) is 0 Å². The molecule has 0 saturated carbocycles. The Bertz CT molecular complexity index is 715. The van der Waals surface area contributed by atoms with Gasteiger partial charge in [-0.3, -0.25) is 4.68 Å². The summed E-state index contributed by atoms with van der Waals surface area (Å²) in [5, 5.41) is 4.20. The van der Waals surface area contributed by atoms with Gasteiger partial charge in [0.1, 0.15) is 0 Å². The fourth-order valence-electron chi connectivity index (χ4n) is 2.98. The van der Waals surface area contributed by atoms with Gasteiger partial charge in [-0.05, 0) is 25.8 Å². The van der Waals surface area contributed by atoms with E-state index < -0.39 is 11.9 Å². The monoisotopic (exact) mass is 339 g/mol. The summed E-state index contributed by atoms with van der Waals surface area (Å²) in [5.41, 5.74) is 0.602. The van der Waals surface area contributed by atoms with Gasteiger partial charge in [0.05, 0.1) is 11.4 Å². The highest BCUT2D eigenvalue weighted by atomic mass is 19.4. The summed E-state index contributed by atoms with van der Waals surface area (Å²) in [4.78, 5) is 10.1. The number of aromatic nitrogens is 4. The number of alkyl halides is 3. The molecule has 8 heteroatoms. The molecule has 0 unspecified atom stereocenters. The Labute approximate surface area is 138 Å². The van der Waals surface area contributed by atoms with Gasteiger partial charge in [-0.25, -0.2) is 9.97 Å². The molecule has 0 radical (unpaired) electrons. The molecular formula is C16H20F3N5. The first-order valence-electron chi connectivity index (χ1n) is 8.06. The summed E-state index contributed by atoms with van der Waals surface area (Å²) in [6, 6.07) is 1.01. The molecule has 0 aromatic carbocycles. The topological polar surface area (TPSA) is 46.8 Å². The average Bonchev–Trinajstić information content (AvgIpc) is 2.73. The van der Waals surface area contributed by atoms with Crippen molar-refractivity contribution in [3.8, 4) is 11.3 Å². The van der Waals surface area contributed by atoms with Gasteiger partial charge in [-0.2, -0.15) is 18.3 Å². The van der Waals surface area contributed by atoms with Crippen molar-refractivity contribution in [1.29, 1.82) is 0 Å². The van der Waals surface area contributed by atoms with Crippen LogP contribution in [-0.4, -0.2) is 32.8 Å². The summed E-state index contributed by atoms with van der Waals surface area (Å²) in [6.07, 6.45) is 1.24. The molecule has 1 fully saturated rings. The van der Waals surface area contributed by atoms with Crippen molar-refractivity contribution in [2.24, 2.45) is 7.05 Å². The molecule has 5 nitrogen and oxygen atoms in total. The van der Waals surface area contributed by atoms with Crippen LogP contribution in [0.4, 0.5) is 19.1 Å². The van der Waals surface area contributed by atoms with Gasteiger partial charge >= 0.3 is 6.18 Å². The zero-order valence-electron chi connectivity index (χ0n) is 13.8. The summed E-state index contributed by atoms with van der Waals surface area (Å²) >= 11 is 0. The van der Waals surface area contributed by atoms with Crippen LogP contribution < -0.4 is 4.90 Å². The van der Waals surface area contributed by atoms with E-state index in [4.69, 9.17) is 0 Å². The van der Waals surface area contributed by atoms with Gasteiger partial charge in [-0.15, -0.1) is 0 Å². The Kier molecular flexibility index (Phi) is 4.47. The Hall–Kier alpha value is -2.12. The Morgan fingerprint density at radius 1 is 1.04 bits per heavy atom. The van der Waals surface area contributed by atoms with Crippen LogP contribution in [0.2, 0.25) is 0 Å². The van der Waals surface area contributed by atoms with Crippen molar-refractivity contribution in [2.75, 3.05) is 18.0 Å². The highest BCUT2D eigenvalue weighted by Gasteiger charge is 2.34. The van der Waals surface area contributed by atoms with E-state index in [-0.39, 0.29) is 11.6 Å². The van der Waals surface area contributed by atoms with Gasteiger partial charge in [0.25, 0.3) is 0 Å². The SMILES string of the molecule is Cc1nn(C)cc1-c1cc(C(F)(F)F)nc(N2CCCCCC2)n1. The number of hydrogen-bond donors (Lipinski definition) is 0. The van der Waals surface area contributed by atoms with E-state index in [0.29, 0.717) is 24.3 Å². The molecule has 0 spiro atoms. The minimum Gasteiger partial charge on any atom is -0.341 e. The molecule has 0 aliphatic carbocycles. The maximum Gasteiger partial charge on any atom is 0.433 e. The van der Waals surface area contributed by atoms with Crippen molar-refractivity contribution in [3.05, 3.63) is 23.7 Å². The van der Waals surface area contributed by atoms with Crippen LogP contribution in [0.3, 0.4) is 0 Å². The van der Waals surface area contributed by atoms with Crippen LogP contribution >= 0.6 is 0 Å². The van der Waals surface area contributed by atoms with E-state index >= 15 is 0 Å². The minimum absolute atomic E-state index is 0.157. The molecule has 0 atom stereocenters. The molecule has 3 heterocycles. The molecule has 24 heavy (non-hydrogen) atoms. The lowest BCUT2D eigenvalue weighted by Gasteiger charge is -2.21. The number of halogens is 3. The number of anilines is 1. The molecule has 130 valence electrons. The molecule has 0 amide bonds.